The number of nitrogen functional groups attached to an aromatic ring is 1. The molecule has 2 fully saturated rings. The lowest BCUT2D eigenvalue weighted by molar-refractivity contribution is -0.124. The number of hydrogen-bond acceptors (Lipinski definition) is 5. The average Bonchev–Trinajstić information content (AvgIpc) is 2.99. The highest BCUT2D eigenvalue weighted by molar-refractivity contribution is 9.10. The molecule has 3 unspecified atom stereocenters. The molecule has 0 radical (unpaired) electrons. The minimum Gasteiger partial charge on any atom is -0.443 e. The summed E-state index contributed by atoms with van der Waals surface area (Å²) in [4.78, 5) is 15.3. The van der Waals surface area contributed by atoms with E-state index in [1.807, 2.05) is 24.8 Å². The van der Waals surface area contributed by atoms with E-state index < -0.39 is 16.8 Å². The number of carbonyl (C=O) groups excluding carboxylic acids is 1. The fourth-order valence-corrected chi connectivity index (χ4v) is 6.70. The number of amides is 1. The first-order chi connectivity index (χ1) is 18.0. The van der Waals surface area contributed by atoms with Gasteiger partial charge in [0.2, 0.25) is 0 Å². The fraction of sp³-hybridized carbons (Fsp3) is 0.710. The highest BCUT2D eigenvalue weighted by Gasteiger charge is 2.61. The maximum atomic E-state index is 13.5. The Morgan fingerprint density at radius 2 is 1.90 bits per heavy atom. The van der Waals surface area contributed by atoms with E-state index in [9.17, 15) is 4.79 Å². The van der Waals surface area contributed by atoms with Crippen molar-refractivity contribution in [2.45, 2.75) is 117 Å². The summed E-state index contributed by atoms with van der Waals surface area (Å²) in [6, 6.07) is 6.17. The van der Waals surface area contributed by atoms with Gasteiger partial charge in [-0.3, -0.25) is 0 Å². The van der Waals surface area contributed by atoms with Gasteiger partial charge in [0.25, 0.3) is 0 Å². The summed E-state index contributed by atoms with van der Waals surface area (Å²) < 4.78 is 20.5. The summed E-state index contributed by atoms with van der Waals surface area (Å²) >= 11 is 3.55. The van der Waals surface area contributed by atoms with Gasteiger partial charge in [0, 0.05) is 29.2 Å². The lowest BCUT2D eigenvalue weighted by Crippen LogP contribution is -2.57. The van der Waals surface area contributed by atoms with Crippen LogP contribution in [0.3, 0.4) is 0 Å². The van der Waals surface area contributed by atoms with Crippen LogP contribution in [0.15, 0.2) is 34.2 Å². The molecule has 8 heteroatoms. The third kappa shape index (κ3) is 6.38. The quantitative estimate of drug-likeness (QED) is 0.274. The van der Waals surface area contributed by atoms with Crippen molar-refractivity contribution in [1.82, 2.24) is 4.90 Å². The Morgan fingerprint density at radius 1 is 1.18 bits per heavy atom. The number of carbonyl (C=O) groups is 1. The van der Waals surface area contributed by atoms with Crippen LogP contribution in [0.4, 0.5) is 10.5 Å². The zero-order valence-electron chi connectivity index (χ0n) is 25.2. The van der Waals surface area contributed by atoms with Gasteiger partial charge in [-0.2, -0.15) is 0 Å². The Labute approximate surface area is 244 Å². The molecule has 2 saturated heterocycles. The largest absolute Gasteiger partial charge is 0.490 e. The number of hydrogen-bond donors (Lipinski definition) is 1. The molecule has 2 heterocycles. The van der Waals surface area contributed by atoms with Crippen LogP contribution in [-0.2, 0) is 14.0 Å². The van der Waals surface area contributed by atoms with Gasteiger partial charge in [0.05, 0.1) is 11.2 Å². The van der Waals surface area contributed by atoms with Crippen LogP contribution in [0.2, 0.25) is 0 Å². The van der Waals surface area contributed by atoms with Gasteiger partial charge in [0.1, 0.15) is 5.60 Å². The lowest BCUT2D eigenvalue weighted by atomic mass is 9.67. The fourth-order valence-electron chi connectivity index (χ4n) is 6.31. The van der Waals surface area contributed by atoms with Gasteiger partial charge in [-0.1, -0.05) is 32.9 Å². The number of allylic oxidation sites excluding steroid dienone is 2. The highest BCUT2D eigenvalue weighted by Crippen LogP contribution is 2.49. The van der Waals surface area contributed by atoms with Gasteiger partial charge >= 0.3 is 13.2 Å². The number of halogens is 1. The lowest BCUT2D eigenvalue weighted by Gasteiger charge is -2.47. The average molecular weight is 603 g/mol. The van der Waals surface area contributed by atoms with Crippen LogP contribution in [0.1, 0.15) is 105 Å². The van der Waals surface area contributed by atoms with Gasteiger partial charge < -0.3 is 24.7 Å². The third-order valence-corrected chi connectivity index (χ3v) is 10.6. The summed E-state index contributed by atoms with van der Waals surface area (Å²) in [5.74, 6) is 0.286. The molecule has 3 atom stereocenters. The Hall–Kier alpha value is -1.51. The van der Waals surface area contributed by atoms with Crippen molar-refractivity contribution in [3.8, 4) is 0 Å². The predicted molar refractivity (Wildman–Crippen MR) is 163 cm³/mol. The number of nitrogens with zero attached hydrogens (tertiary/aromatic N) is 1. The van der Waals surface area contributed by atoms with Crippen molar-refractivity contribution < 1.29 is 18.8 Å². The molecule has 2 N–H and O–H groups in total. The first kappa shape index (κ1) is 30.5. The second-order valence-corrected chi connectivity index (χ2v) is 14.8. The van der Waals surface area contributed by atoms with E-state index in [1.54, 1.807) is 0 Å². The number of nitrogens with two attached hydrogens (primary N) is 1. The van der Waals surface area contributed by atoms with Gasteiger partial charge in [-0.25, -0.2) is 4.79 Å². The standard InChI is InChI=1S/C31H48BBrN2O4/c1-21(31(8)30(6,7)38-32(39-31)24-13-16-28(2,3)17-14-24)29(4,5)37-27(36)35-18-9-10-22(15-19-35)23-11-12-26(34)25(33)20-23/h11-13,20-22H,9-10,14-19,34H2,1-8H3. The van der Waals surface area contributed by atoms with Gasteiger partial charge in [0.15, 0.2) is 0 Å². The molecule has 1 aliphatic carbocycles. The van der Waals surface area contributed by atoms with Crippen LogP contribution < -0.4 is 5.73 Å². The monoisotopic (exact) mass is 602 g/mol. The molecule has 0 bridgehead atoms. The zero-order valence-corrected chi connectivity index (χ0v) is 26.8. The Kier molecular flexibility index (Phi) is 8.63. The Morgan fingerprint density at radius 3 is 2.54 bits per heavy atom. The molecule has 1 aromatic carbocycles. The SMILES string of the molecule is CC(C(C)(C)OC(=O)N1CCCC(c2ccc(N)c(Br)c2)CC1)C1(C)OB(C2=CCC(C)(C)CC2)OC1(C)C. The number of benzene rings is 1. The molecular weight excluding hydrogens is 555 g/mol. The molecule has 1 aromatic rings. The van der Waals surface area contributed by atoms with E-state index >= 15 is 0 Å². The van der Waals surface area contributed by atoms with E-state index in [2.05, 4.69) is 75.7 Å². The van der Waals surface area contributed by atoms with E-state index in [0.717, 1.165) is 48.7 Å². The highest BCUT2D eigenvalue weighted by atomic mass is 79.9. The smallest absolute Gasteiger partial charge is 0.443 e. The minimum absolute atomic E-state index is 0.110. The maximum Gasteiger partial charge on any atom is 0.490 e. The van der Waals surface area contributed by atoms with Gasteiger partial charge in [-0.05, 0) is 124 Å². The molecule has 216 valence electrons. The minimum atomic E-state index is -0.752. The molecule has 1 amide bonds. The number of likely N-dealkylation sites (tertiary alicyclic amines) is 1. The molecule has 4 rings (SSSR count). The van der Waals surface area contributed by atoms with E-state index in [1.165, 1.54) is 11.0 Å². The summed E-state index contributed by atoms with van der Waals surface area (Å²) in [6.07, 6.45) is 8.08. The van der Waals surface area contributed by atoms with Crippen molar-refractivity contribution in [2.24, 2.45) is 11.3 Å². The van der Waals surface area contributed by atoms with E-state index in [-0.39, 0.29) is 19.1 Å². The molecule has 0 spiro atoms. The second-order valence-electron chi connectivity index (χ2n) is 13.9. The molecule has 3 aliphatic rings. The normalized spacial score (nSPS) is 28.0. The van der Waals surface area contributed by atoms with Crippen molar-refractivity contribution in [3.05, 3.63) is 39.8 Å². The molecule has 39 heavy (non-hydrogen) atoms. The number of rotatable bonds is 5. The molecule has 0 aromatic heterocycles. The van der Waals surface area contributed by atoms with Gasteiger partial charge in [-0.15, -0.1) is 0 Å². The van der Waals surface area contributed by atoms with Crippen LogP contribution in [-0.4, -0.2) is 48.0 Å². The first-order valence-electron chi connectivity index (χ1n) is 14.6. The summed E-state index contributed by atoms with van der Waals surface area (Å²) in [6.45, 7) is 18.4. The third-order valence-electron chi connectivity index (χ3n) is 9.96. The van der Waals surface area contributed by atoms with Crippen LogP contribution in [0.25, 0.3) is 0 Å². The van der Waals surface area contributed by atoms with Crippen molar-refractivity contribution in [1.29, 1.82) is 0 Å². The predicted octanol–water partition coefficient (Wildman–Crippen LogP) is 7.90. The number of anilines is 1. The van der Waals surface area contributed by atoms with Crippen molar-refractivity contribution in [2.75, 3.05) is 18.8 Å². The Balaban J connectivity index is 1.41. The number of ether oxygens (including phenoxy) is 1. The summed E-state index contributed by atoms with van der Waals surface area (Å²) in [5, 5.41) is 0. The van der Waals surface area contributed by atoms with Crippen molar-refractivity contribution in [3.63, 3.8) is 0 Å². The zero-order chi connectivity index (χ0) is 28.8. The first-order valence-corrected chi connectivity index (χ1v) is 15.4. The van der Waals surface area contributed by atoms with Crippen molar-refractivity contribution >= 4 is 34.8 Å². The Bertz CT molecular complexity index is 1100. The van der Waals surface area contributed by atoms with Crippen LogP contribution in [0, 0.1) is 11.3 Å². The van der Waals surface area contributed by atoms with E-state index in [4.69, 9.17) is 19.8 Å². The van der Waals surface area contributed by atoms with E-state index in [0.29, 0.717) is 24.4 Å². The van der Waals surface area contributed by atoms with Crippen LogP contribution in [0.5, 0.6) is 0 Å². The summed E-state index contributed by atoms with van der Waals surface area (Å²) in [5.41, 5.74) is 7.62. The second kappa shape index (κ2) is 11.1. The molecule has 6 nitrogen and oxygen atoms in total. The topological polar surface area (TPSA) is 74.0 Å². The molecular formula is C31H48BBrN2O4. The maximum absolute atomic E-state index is 13.5. The molecule has 0 saturated carbocycles. The summed E-state index contributed by atoms with van der Waals surface area (Å²) in [7, 11) is -0.356. The molecule has 2 aliphatic heterocycles. The van der Waals surface area contributed by atoms with Crippen LogP contribution >= 0.6 is 15.9 Å².